The van der Waals surface area contributed by atoms with E-state index in [2.05, 4.69) is 9.97 Å². The topological polar surface area (TPSA) is 75.0 Å². The van der Waals surface area contributed by atoms with Crippen LogP contribution in [-0.4, -0.2) is 15.7 Å². The molecule has 0 aromatic carbocycles. The number of rotatable bonds is 4. The second kappa shape index (κ2) is 4.76. The van der Waals surface area contributed by atoms with Crippen LogP contribution in [0, 0.1) is 0 Å². The quantitative estimate of drug-likeness (QED) is 0.550. The first-order valence-corrected chi connectivity index (χ1v) is 4.76. The number of aromatic nitrogens is 2. The summed E-state index contributed by atoms with van der Waals surface area (Å²) in [5.74, 6) is 0.927. The molecule has 0 aliphatic rings. The lowest BCUT2D eigenvalue weighted by atomic mass is 10.6. The molecule has 6 heteroatoms. The van der Waals surface area contributed by atoms with Gasteiger partial charge in [-0.15, -0.1) is 0 Å². The minimum absolute atomic E-state index is 0.123. The number of H-pyrrole nitrogens is 2. The van der Waals surface area contributed by atoms with Gasteiger partial charge in [0.05, 0.1) is 18.2 Å². The molecule has 0 fully saturated rings. The Morgan fingerprint density at radius 1 is 1.54 bits per heavy atom. The third kappa shape index (κ3) is 2.98. The summed E-state index contributed by atoms with van der Waals surface area (Å²) in [7, 11) is 0. The molecule has 0 radical (unpaired) electrons. The molecule has 0 saturated carbocycles. The largest absolute Gasteiger partial charge is 0.418 e. The molecule has 0 aliphatic carbocycles. The first-order chi connectivity index (χ1) is 6.24. The Morgan fingerprint density at radius 3 is 2.92 bits per heavy atom. The van der Waals surface area contributed by atoms with E-state index < -0.39 is 11.2 Å². The van der Waals surface area contributed by atoms with E-state index >= 15 is 0 Å². The maximum absolute atomic E-state index is 11.0. The van der Waals surface area contributed by atoms with Crippen LogP contribution in [0.4, 0.5) is 0 Å². The first kappa shape index (κ1) is 9.91. The van der Waals surface area contributed by atoms with Crippen LogP contribution in [0.2, 0.25) is 0 Å². The van der Waals surface area contributed by atoms with Gasteiger partial charge >= 0.3 is 5.69 Å². The van der Waals surface area contributed by atoms with Crippen LogP contribution < -0.4 is 15.4 Å². The van der Waals surface area contributed by atoms with Crippen molar-refractivity contribution >= 4 is 12.0 Å². The van der Waals surface area contributed by atoms with Gasteiger partial charge in [0.2, 0.25) is 5.75 Å². The highest BCUT2D eigenvalue weighted by atomic mass is 32.2. The van der Waals surface area contributed by atoms with Gasteiger partial charge in [-0.3, -0.25) is 9.78 Å². The Bertz CT molecular complexity index is 370. The number of hydrogen-bond acceptors (Lipinski definition) is 4. The van der Waals surface area contributed by atoms with Gasteiger partial charge < -0.3 is 9.17 Å². The van der Waals surface area contributed by atoms with Gasteiger partial charge in [-0.2, -0.15) is 0 Å². The smallest absolute Gasteiger partial charge is 0.325 e. The summed E-state index contributed by atoms with van der Waals surface area (Å²) in [5, 5.41) is 0. The van der Waals surface area contributed by atoms with Crippen LogP contribution >= 0.6 is 12.0 Å². The maximum atomic E-state index is 11.0. The van der Waals surface area contributed by atoms with Gasteiger partial charge in [0, 0.05) is 5.75 Å². The van der Waals surface area contributed by atoms with E-state index in [0.717, 1.165) is 12.2 Å². The van der Waals surface area contributed by atoms with Crippen molar-refractivity contribution in [3.8, 4) is 5.75 Å². The lowest BCUT2D eigenvalue weighted by molar-refractivity contribution is 0.623. The fourth-order valence-corrected chi connectivity index (χ4v) is 1.15. The van der Waals surface area contributed by atoms with Crippen molar-refractivity contribution in [2.24, 2.45) is 0 Å². The van der Waals surface area contributed by atoms with Crippen molar-refractivity contribution in [1.82, 2.24) is 9.97 Å². The molecule has 0 saturated heterocycles. The van der Waals surface area contributed by atoms with Crippen molar-refractivity contribution in [1.29, 1.82) is 0 Å². The Hall–Kier alpha value is -1.17. The van der Waals surface area contributed by atoms with Gasteiger partial charge in [-0.1, -0.05) is 6.92 Å². The number of nitrogens with one attached hydrogen (secondary N) is 2. The highest BCUT2D eigenvalue weighted by molar-refractivity contribution is 7.95. The molecular formula is C7H10N2O3S. The Morgan fingerprint density at radius 2 is 2.31 bits per heavy atom. The van der Waals surface area contributed by atoms with E-state index in [9.17, 15) is 9.59 Å². The molecule has 0 unspecified atom stereocenters. The zero-order chi connectivity index (χ0) is 9.68. The highest BCUT2D eigenvalue weighted by Crippen LogP contribution is 2.08. The summed E-state index contributed by atoms with van der Waals surface area (Å²) >= 11 is 1.18. The molecule has 2 N–H and O–H groups in total. The lowest BCUT2D eigenvalue weighted by Crippen LogP contribution is -2.21. The molecule has 13 heavy (non-hydrogen) atoms. The molecule has 0 aliphatic heterocycles. The minimum Gasteiger partial charge on any atom is -0.418 e. The zero-order valence-electron chi connectivity index (χ0n) is 7.12. The number of hydrogen-bond donors (Lipinski definition) is 2. The predicted molar refractivity (Wildman–Crippen MR) is 51.1 cm³/mol. The Labute approximate surface area is 78.7 Å². The van der Waals surface area contributed by atoms with Gasteiger partial charge in [0.25, 0.3) is 5.56 Å². The molecule has 0 bridgehead atoms. The van der Waals surface area contributed by atoms with E-state index in [1.54, 1.807) is 0 Å². The molecule has 0 amide bonds. The van der Waals surface area contributed by atoms with E-state index in [4.69, 9.17) is 4.18 Å². The van der Waals surface area contributed by atoms with E-state index in [-0.39, 0.29) is 5.75 Å². The number of aromatic amines is 2. The van der Waals surface area contributed by atoms with Crippen LogP contribution in [-0.2, 0) is 0 Å². The monoisotopic (exact) mass is 202 g/mol. The van der Waals surface area contributed by atoms with Gasteiger partial charge in [0.15, 0.2) is 0 Å². The third-order valence-electron chi connectivity index (χ3n) is 1.22. The summed E-state index contributed by atoms with van der Waals surface area (Å²) in [6.45, 7) is 2.01. The molecule has 1 aromatic heterocycles. The Kier molecular flexibility index (Phi) is 3.63. The molecule has 0 spiro atoms. The third-order valence-corrected chi connectivity index (χ3v) is 2.09. The summed E-state index contributed by atoms with van der Waals surface area (Å²) in [6, 6.07) is 0. The molecular weight excluding hydrogens is 192 g/mol. The van der Waals surface area contributed by atoms with E-state index in [0.29, 0.717) is 0 Å². The summed E-state index contributed by atoms with van der Waals surface area (Å²) < 4.78 is 5.03. The van der Waals surface area contributed by atoms with Crippen LogP contribution in [0.5, 0.6) is 5.75 Å². The first-order valence-electron chi connectivity index (χ1n) is 3.85. The average Bonchev–Trinajstić information content (AvgIpc) is 2.09. The van der Waals surface area contributed by atoms with Crippen LogP contribution in [0.1, 0.15) is 13.3 Å². The van der Waals surface area contributed by atoms with Crippen LogP contribution in [0.3, 0.4) is 0 Å². The van der Waals surface area contributed by atoms with Crippen LogP contribution in [0.15, 0.2) is 15.8 Å². The zero-order valence-corrected chi connectivity index (χ0v) is 7.94. The fourth-order valence-electron chi connectivity index (χ4n) is 0.648. The standard InChI is InChI=1S/C7H10N2O3S/c1-2-3-13-12-5-4-8-7(11)9-6(5)10/h4H,2-3H2,1H3,(H2,8,9,10,11). The van der Waals surface area contributed by atoms with Crippen molar-refractivity contribution in [2.75, 3.05) is 5.75 Å². The lowest BCUT2D eigenvalue weighted by Gasteiger charge is -1.99. The normalized spacial score (nSPS) is 9.92. The minimum atomic E-state index is -0.530. The average molecular weight is 202 g/mol. The van der Waals surface area contributed by atoms with Crippen molar-refractivity contribution < 1.29 is 4.18 Å². The molecule has 1 heterocycles. The molecule has 0 atom stereocenters. The van der Waals surface area contributed by atoms with Crippen molar-refractivity contribution in [2.45, 2.75) is 13.3 Å². The Balaban J connectivity index is 2.67. The summed E-state index contributed by atoms with van der Waals surface area (Å²) in [5.41, 5.74) is -1.04. The van der Waals surface area contributed by atoms with E-state index in [1.807, 2.05) is 6.92 Å². The predicted octanol–water partition coefficient (Wildman–Crippen LogP) is 0.500. The van der Waals surface area contributed by atoms with Crippen LogP contribution in [0.25, 0.3) is 0 Å². The van der Waals surface area contributed by atoms with Crippen molar-refractivity contribution in [3.63, 3.8) is 0 Å². The molecule has 1 aromatic rings. The van der Waals surface area contributed by atoms with Crippen molar-refractivity contribution in [3.05, 3.63) is 27.0 Å². The SMILES string of the molecule is CCCSOc1c[nH]c(=O)[nH]c1=O. The molecule has 72 valence electrons. The summed E-state index contributed by atoms with van der Waals surface area (Å²) in [6.07, 6.45) is 2.22. The van der Waals surface area contributed by atoms with Gasteiger partial charge in [-0.25, -0.2) is 4.79 Å². The van der Waals surface area contributed by atoms with Gasteiger partial charge in [-0.05, 0) is 6.42 Å². The van der Waals surface area contributed by atoms with E-state index in [1.165, 1.54) is 18.2 Å². The van der Waals surface area contributed by atoms with Gasteiger partial charge in [0.1, 0.15) is 0 Å². The molecule has 1 rings (SSSR count). The second-order valence-corrected chi connectivity index (χ2v) is 3.15. The molecule has 5 nitrogen and oxygen atoms in total. The fraction of sp³-hybridized carbons (Fsp3) is 0.429. The summed E-state index contributed by atoms with van der Waals surface area (Å²) in [4.78, 5) is 26.0. The second-order valence-electron chi connectivity index (χ2n) is 2.34. The maximum Gasteiger partial charge on any atom is 0.325 e. The highest BCUT2D eigenvalue weighted by Gasteiger charge is 2.00.